The minimum atomic E-state index is -0.322. The van der Waals surface area contributed by atoms with Gasteiger partial charge < -0.3 is 15.4 Å². The van der Waals surface area contributed by atoms with Crippen molar-refractivity contribution in [3.63, 3.8) is 0 Å². The first-order valence-electron chi connectivity index (χ1n) is 8.28. The van der Waals surface area contributed by atoms with Crippen molar-refractivity contribution >= 4 is 40.5 Å². The molecule has 0 atom stereocenters. The van der Waals surface area contributed by atoms with E-state index < -0.39 is 0 Å². The number of benzene rings is 2. The van der Waals surface area contributed by atoms with Gasteiger partial charge in [0, 0.05) is 16.8 Å². The van der Waals surface area contributed by atoms with Crippen molar-refractivity contribution in [2.75, 3.05) is 17.7 Å². The average Bonchev–Trinajstić information content (AvgIpc) is 3.10. The molecule has 2 aromatic carbocycles. The fourth-order valence-corrected chi connectivity index (χ4v) is 3.46. The summed E-state index contributed by atoms with van der Waals surface area (Å²) in [6.45, 7) is 0. The Hall–Kier alpha value is -1.91. The monoisotopic (exact) mass is 378 g/mol. The summed E-state index contributed by atoms with van der Waals surface area (Å²) < 4.78 is 5.22. The van der Waals surface area contributed by atoms with Crippen LogP contribution >= 0.6 is 23.2 Å². The number of halogens is 2. The molecule has 4 nitrogen and oxygen atoms in total. The fraction of sp³-hybridized carbons (Fsp3) is 0.316. The van der Waals surface area contributed by atoms with Crippen molar-refractivity contribution in [1.82, 2.24) is 0 Å². The second kappa shape index (κ2) is 7.98. The van der Waals surface area contributed by atoms with Crippen LogP contribution in [0.25, 0.3) is 0 Å². The number of amides is 1. The number of nitrogens with one attached hydrogen (secondary N) is 2. The van der Waals surface area contributed by atoms with Gasteiger partial charge in [-0.25, -0.2) is 0 Å². The standard InChI is InChI=1S/C19H20Cl2N2O2/c1-25-18-9-6-12(20)10-15(18)19(24)23-17-8-7-14(11-16(17)21)22-13-4-2-3-5-13/h6-11,13,22H,2-5H2,1H3,(H,23,24). The van der Waals surface area contributed by atoms with Crippen LogP contribution < -0.4 is 15.4 Å². The van der Waals surface area contributed by atoms with Crippen LogP contribution in [0.3, 0.4) is 0 Å². The van der Waals surface area contributed by atoms with Crippen LogP contribution in [0.2, 0.25) is 10.0 Å². The van der Waals surface area contributed by atoms with Crippen molar-refractivity contribution in [2.24, 2.45) is 0 Å². The lowest BCUT2D eigenvalue weighted by Crippen LogP contribution is -2.15. The highest BCUT2D eigenvalue weighted by Gasteiger charge is 2.17. The summed E-state index contributed by atoms with van der Waals surface area (Å²) in [5.41, 5.74) is 1.88. The van der Waals surface area contributed by atoms with Crippen LogP contribution in [0.4, 0.5) is 11.4 Å². The van der Waals surface area contributed by atoms with Crippen LogP contribution in [-0.2, 0) is 0 Å². The van der Waals surface area contributed by atoms with Crippen LogP contribution in [-0.4, -0.2) is 19.1 Å². The van der Waals surface area contributed by atoms with Gasteiger partial charge >= 0.3 is 0 Å². The summed E-state index contributed by atoms with van der Waals surface area (Å²) >= 11 is 12.3. The third-order valence-corrected chi connectivity index (χ3v) is 4.90. The Balaban J connectivity index is 1.74. The second-order valence-electron chi connectivity index (χ2n) is 6.12. The van der Waals surface area contributed by atoms with Crippen molar-refractivity contribution < 1.29 is 9.53 Å². The summed E-state index contributed by atoms with van der Waals surface area (Å²) in [6.07, 6.45) is 4.90. The van der Waals surface area contributed by atoms with E-state index in [0.717, 1.165) is 5.69 Å². The van der Waals surface area contributed by atoms with E-state index in [4.69, 9.17) is 27.9 Å². The molecule has 1 aliphatic rings. The first kappa shape index (κ1) is 17.9. The van der Waals surface area contributed by atoms with Crippen molar-refractivity contribution in [3.05, 3.63) is 52.0 Å². The van der Waals surface area contributed by atoms with E-state index in [1.54, 1.807) is 24.3 Å². The molecule has 0 bridgehead atoms. The zero-order chi connectivity index (χ0) is 17.8. The second-order valence-corrected chi connectivity index (χ2v) is 6.96. The molecular formula is C19H20Cl2N2O2. The highest BCUT2D eigenvalue weighted by molar-refractivity contribution is 6.34. The Morgan fingerprint density at radius 2 is 1.88 bits per heavy atom. The summed E-state index contributed by atoms with van der Waals surface area (Å²) in [7, 11) is 1.51. The molecule has 1 saturated carbocycles. The molecule has 25 heavy (non-hydrogen) atoms. The van der Waals surface area contributed by atoms with Gasteiger partial charge in [-0.3, -0.25) is 4.79 Å². The van der Waals surface area contributed by atoms with E-state index >= 15 is 0 Å². The lowest BCUT2D eigenvalue weighted by atomic mass is 10.1. The Morgan fingerprint density at radius 3 is 2.56 bits per heavy atom. The van der Waals surface area contributed by atoms with Gasteiger partial charge in [0.25, 0.3) is 5.91 Å². The SMILES string of the molecule is COc1ccc(Cl)cc1C(=O)Nc1ccc(NC2CCCC2)cc1Cl. The predicted molar refractivity (Wildman–Crippen MR) is 103 cm³/mol. The maximum atomic E-state index is 12.5. The van der Waals surface area contributed by atoms with Crippen molar-refractivity contribution in [3.8, 4) is 5.75 Å². The van der Waals surface area contributed by atoms with Crippen LogP contribution in [0, 0.1) is 0 Å². The van der Waals surface area contributed by atoms with Crippen LogP contribution in [0.5, 0.6) is 5.75 Å². The molecule has 0 spiro atoms. The minimum absolute atomic E-state index is 0.322. The van der Waals surface area contributed by atoms with Gasteiger partial charge in [-0.15, -0.1) is 0 Å². The van der Waals surface area contributed by atoms with Gasteiger partial charge in [-0.05, 0) is 49.2 Å². The first-order chi connectivity index (χ1) is 12.1. The average molecular weight is 379 g/mol. The van der Waals surface area contributed by atoms with Gasteiger partial charge in [-0.1, -0.05) is 36.0 Å². The topological polar surface area (TPSA) is 50.4 Å². The maximum Gasteiger partial charge on any atom is 0.259 e. The van der Waals surface area contributed by atoms with Crippen LogP contribution in [0.15, 0.2) is 36.4 Å². The molecule has 2 N–H and O–H groups in total. The molecule has 0 heterocycles. The highest BCUT2D eigenvalue weighted by Crippen LogP contribution is 2.30. The lowest BCUT2D eigenvalue weighted by molar-refractivity contribution is 0.102. The fourth-order valence-electron chi connectivity index (χ4n) is 3.06. The van der Waals surface area contributed by atoms with Gasteiger partial charge in [0.15, 0.2) is 0 Å². The zero-order valence-corrected chi connectivity index (χ0v) is 15.5. The largest absolute Gasteiger partial charge is 0.496 e. The third kappa shape index (κ3) is 4.39. The van der Waals surface area contributed by atoms with Crippen molar-refractivity contribution in [2.45, 2.75) is 31.7 Å². The summed E-state index contributed by atoms with van der Waals surface area (Å²) in [5.74, 6) is 0.135. The highest BCUT2D eigenvalue weighted by atomic mass is 35.5. The van der Waals surface area contributed by atoms with Crippen LogP contribution in [0.1, 0.15) is 36.0 Å². The molecule has 132 valence electrons. The summed E-state index contributed by atoms with van der Waals surface area (Å²) in [5, 5.41) is 7.25. The molecule has 3 rings (SSSR count). The molecule has 1 aliphatic carbocycles. The quantitative estimate of drug-likeness (QED) is 0.710. The van der Waals surface area contributed by atoms with Gasteiger partial charge in [-0.2, -0.15) is 0 Å². The lowest BCUT2D eigenvalue weighted by Gasteiger charge is -2.15. The Bertz CT molecular complexity index is 774. The molecule has 1 fully saturated rings. The number of hydrogen-bond donors (Lipinski definition) is 2. The number of carbonyl (C=O) groups is 1. The molecule has 0 saturated heterocycles. The van der Waals surface area contributed by atoms with Gasteiger partial charge in [0.05, 0.1) is 23.4 Å². The normalized spacial score (nSPS) is 14.4. The molecule has 1 amide bonds. The first-order valence-corrected chi connectivity index (χ1v) is 9.03. The molecule has 2 aromatic rings. The van der Waals surface area contributed by atoms with Crippen molar-refractivity contribution in [1.29, 1.82) is 0 Å². The molecule has 0 radical (unpaired) electrons. The molecular weight excluding hydrogens is 359 g/mol. The van der Waals surface area contributed by atoms with Gasteiger partial charge in [0.1, 0.15) is 5.75 Å². The number of ether oxygens (including phenoxy) is 1. The molecule has 0 aliphatic heterocycles. The smallest absolute Gasteiger partial charge is 0.259 e. The minimum Gasteiger partial charge on any atom is -0.496 e. The summed E-state index contributed by atoms with van der Waals surface area (Å²) in [4.78, 5) is 12.5. The predicted octanol–water partition coefficient (Wildman–Crippen LogP) is 5.61. The number of rotatable bonds is 5. The summed E-state index contributed by atoms with van der Waals surface area (Å²) in [6, 6.07) is 11.0. The van der Waals surface area contributed by atoms with E-state index in [1.807, 2.05) is 12.1 Å². The number of methoxy groups -OCH3 is 1. The molecule has 6 heteroatoms. The molecule has 0 unspecified atom stereocenters. The third-order valence-electron chi connectivity index (χ3n) is 4.35. The Morgan fingerprint density at radius 1 is 1.12 bits per heavy atom. The van der Waals surface area contributed by atoms with E-state index in [9.17, 15) is 4.79 Å². The van der Waals surface area contributed by atoms with E-state index in [1.165, 1.54) is 32.8 Å². The van der Waals surface area contributed by atoms with Gasteiger partial charge in [0.2, 0.25) is 0 Å². The zero-order valence-electron chi connectivity index (χ0n) is 13.9. The van der Waals surface area contributed by atoms with E-state index in [2.05, 4.69) is 10.6 Å². The Kier molecular flexibility index (Phi) is 5.71. The number of carbonyl (C=O) groups excluding carboxylic acids is 1. The maximum absolute atomic E-state index is 12.5. The van der Waals surface area contributed by atoms with E-state index in [0.29, 0.717) is 33.1 Å². The number of anilines is 2. The Labute approximate surface area is 157 Å². The van der Waals surface area contributed by atoms with E-state index in [-0.39, 0.29) is 5.91 Å². The number of hydrogen-bond acceptors (Lipinski definition) is 3. The molecule has 0 aromatic heterocycles.